The van der Waals surface area contributed by atoms with E-state index in [0.29, 0.717) is 6.04 Å². The summed E-state index contributed by atoms with van der Waals surface area (Å²) in [6.45, 7) is 4.27. The van der Waals surface area contributed by atoms with Crippen LogP contribution < -0.4 is 5.32 Å². The van der Waals surface area contributed by atoms with Crippen molar-refractivity contribution < 1.29 is 0 Å². The van der Waals surface area contributed by atoms with Gasteiger partial charge in [-0.1, -0.05) is 18.2 Å². The van der Waals surface area contributed by atoms with Gasteiger partial charge in [0.25, 0.3) is 0 Å². The van der Waals surface area contributed by atoms with Crippen LogP contribution in [0.15, 0.2) is 35.8 Å². The molecular formula is C18H21N3S. The number of aromatic nitrogens is 2. The number of thiophene rings is 1. The molecule has 1 aliphatic heterocycles. The molecule has 0 bridgehead atoms. The first-order valence-corrected chi connectivity index (χ1v) is 8.93. The molecule has 4 heteroatoms. The fourth-order valence-electron chi connectivity index (χ4n) is 3.32. The van der Waals surface area contributed by atoms with Crippen molar-refractivity contribution in [2.24, 2.45) is 0 Å². The van der Waals surface area contributed by atoms with E-state index in [1.807, 2.05) is 17.5 Å². The third-order valence-electron chi connectivity index (χ3n) is 4.62. The number of benzene rings is 1. The molecule has 4 rings (SSSR count). The zero-order chi connectivity index (χ0) is 14.9. The van der Waals surface area contributed by atoms with E-state index in [2.05, 4.69) is 51.4 Å². The topological polar surface area (TPSA) is 29.9 Å². The number of imidazole rings is 1. The van der Waals surface area contributed by atoms with Crippen LogP contribution >= 0.6 is 11.3 Å². The number of fused-ring (bicyclic) bond motifs is 2. The predicted molar refractivity (Wildman–Crippen MR) is 92.2 cm³/mol. The Bertz CT molecular complexity index is 787. The summed E-state index contributed by atoms with van der Waals surface area (Å²) in [5, 5.41) is 7.34. The molecule has 2 aromatic heterocycles. The van der Waals surface area contributed by atoms with Crippen molar-refractivity contribution in [1.82, 2.24) is 14.9 Å². The van der Waals surface area contributed by atoms with Crippen LogP contribution in [0.1, 0.15) is 42.9 Å². The quantitative estimate of drug-likeness (QED) is 0.779. The van der Waals surface area contributed by atoms with Crippen LogP contribution in [0.2, 0.25) is 0 Å². The van der Waals surface area contributed by atoms with Crippen LogP contribution in [0.5, 0.6) is 0 Å². The molecule has 0 radical (unpaired) electrons. The predicted octanol–water partition coefficient (Wildman–Crippen LogP) is 4.28. The molecule has 0 fully saturated rings. The molecule has 114 valence electrons. The molecule has 22 heavy (non-hydrogen) atoms. The second-order valence-corrected chi connectivity index (χ2v) is 6.98. The fraction of sp³-hybridized carbons (Fsp3) is 0.389. The number of aryl methyl sites for hydroxylation is 1. The van der Waals surface area contributed by atoms with Crippen molar-refractivity contribution in [3.8, 4) is 0 Å². The van der Waals surface area contributed by atoms with Crippen molar-refractivity contribution in [3.05, 3.63) is 52.9 Å². The lowest BCUT2D eigenvalue weighted by Crippen LogP contribution is -2.21. The van der Waals surface area contributed by atoms with Gasteiger partial charge in [0.1, 0.15) is 5.82 Å². The summed E-state index contributed by atoms with van der Waals surface area (Å²) in [6.07, 6.45) is 5.74. The SMILES string of the molecule is CC(NCc1cnc2n1CCCC2)c1csc2ccccc12. The minimum Gasteiger partial charge on any atom is -0.331 e. The van der Waals surface area contributed by atoms with E-state index in [-0.39, 0.29) is 0 Å². The summed E-state index contributed by atoms with van der Waals surface area (Å²) in [4.78, 5) is 4.57. The lowest BCUT2D eigenvalue weighted by Gasteiger charge is -2.18. The summed E-state index contributed by atoms with van der Waals surface area (Å²) >= 11 is 1.83. The molecule has 0 saturated heterocycles. The summed E-state index contributed by atoms with van der Waals surface area (Å²) in [5.41, 5.74) is 2.72. The van der Waals surface area contributed by atoms with Crippen LogP contribution in [0, 0.1) is 0 Å². The maximum absolute atomic E-state index is 4.57. The molecule has 1 atom stereocenters. The number of nitrogens with zero attached hydrogens (tertiary/aromatic N) is 2. The minimum atomic E-state index is 0.353. The van der Waals surface area contributed by atoms with Gasteiger partial charge >= 0.3 is 0 Å². The zero-order valence-corrected chi connectivity index (χ0v) is 13.7. The summed E-state index contributed by atoms with van der Waals surface area (Å²) in [7, 11) is 0. The van der Waals surface area contributed by atoms with Crippen LogP contribution in [0.25, 0.3) is 10.1 Å². The molecule has 1 aliphatic rings. The van der Waals surface area contributed by atoms with Gasteiger partial charge < -0.3 is 9.88 Å². The van der Waals surface area contributed by atoms with E-state index in [1.165, 1.54) is 40.0 Å². The fourth-order valence-corrected chi connectivity index (χ4v) is 4.38. The second-order valence-electron chi connectivity index (χ2n) is 6.06. The van der Waals surface area contributed by atoms with Crippen molar-refractivity contribution in [2.45, 2.75) is 45.3 Å². The summed E-state index contributed by atoms with van der Waals surface area (Å²) in [6, 6.07) is 9.01. The van der Waals surface area contributed by atoms with Crippen LogP contribution in [-0.4, -0.2) is 9.55 Å². The Morgan fingerprint density at radius 3 is 3.18 bits per heavy atom. The van der Waals surface area contributed by atoms with Gasteiger partial charge in [0, 0.05) is 36.4 Å². The molecule has 3 aromatic rings. The number of nitrogens with one attached hydrogen (secondary N) is 1. The van der Waals surface area contributed by atoms with Crippen molar-refractivity contribution in [1.29, 1.82) is 0 Å². The van der Waals surface area contributed by atoms with E-state index in [0.717, 1.165) is 19.5 Å². The standard InChI is InChI=1S/C18H21N3S/c1-13(16-12-22-17-7-3-2-6-15(16)17)19-10-14-11-20-18-8-4-5-9-21(14)18/h2-3,6-7,11-13,19H,4-5,8-10H2,1H3. The highest BCUT2D eigenvalue weighted by molar-refractivity contribution is 7.17. The molecule has 1 aromatic carbocycles. The molecule has 1 N–H and O–H groups in total. The number of hydrogen-bond acceptors (Lipinski definition) is 3. The van der Waals surface area contributed by atoms with Crippen LogP contribution in [0.4, 0.5) is 0 Å². The van der Waals surface area contributed by atoms with Gasteiger partial charge in [0.05, 0.1) is 5.69 Å². The maximum Gasteiger partial charge on any atom is 0.108 e. The highest BCUT2D eigenvalue weighted by Crippen LogP contribution is 2.30. The average Bonchev–Trinajstić information content (AvgIpc) is 3.17. The van der Waals surface area contributed by atoms with Crippen molar-refractivity contribution >= 4 is 21.4 Å². The van der Waals surface area contributed by atoms with E-state index >= 15 is 0 Å². The lowest BCUT2D eigenvalue weighted by atomic mass is 10.1. The third-order valence-corrected chi connectivity index (χ3v) is 5.60. The molecule has 0 aliphatic carbocycles. The molecule has 1 unspecified atom stereocenters. The van der Waals surface area contributed by atoms with Gasteiger partial charge in [-0.05, 0) is 42.2 Å². The van der Waals surface area contributed by atoms with E-state index in [1.54, 1.807) is 0 Å². The normalized spacial score (nSPS) is 15.9. The first-order chi connectivity index (χ1) is 10.8. The number of hydrogen-bond donors (Lipinski definition) is 1. The molecule has 3 heterocycles. The smallest absolute Gasteiger partial charge is 0.108 e. The largest absolute Gasteiger partial charge is 0.331 e. The van der Waals surface area contributed by atoms with Crippen LogP contribution in [-0.2, 0) is 19.5 Å². The Morgan fingerprint density at radius 1 is 1.32 bits per heavy atom. The first kappa shape index (κ1) is 14.0. The van der Waals surface area contributed by atoms with E-state index in [9.17, 15) is 0 Å². The van der Waals surface area contributed by atoms with E-state index in [4.69, 9.17) is 0 Å². The Kier molecular flexibility index (Phi) is 3.72. The van der Waals surface area contributed by atoms with Gasteiger partial charge in [0.2, 0.25) is 0 Å². The van der Waals surface area contributed by atoms with Crippen molar-refractivity contribution in [3.63, 3.8) is 0 Å². The minimum absolute atomic E-state index is 0.353. The van der Waals surface area contributed by atoms with Crippen LogP contribution in [0.3, 0.4) is 0 Å². The Labute approximate surface area is 135 Å². The van der Waals surface area contributed by atoms with Gasteiger partial charge in [0.15, 0.2) is 0 Å². The second kappa shape index (κ2) is 5.86. The van der Waals surface area contributed by atoms with Gasteiger partial charge in [-0.15, -0.1) is 11.3 Å². The third kappa shape index (κ3) is 2.46. The molecule has 3 nitrogen and oxygen atoms in total. The average molecular weight is 311 g/mol. The monoisotopic (exact) mass is 311 g/mol. The maximum atomic E-state index is 4.57. The highest BCUT2D eigenvalue weighted by Gasteiger charge is 2.15. The van der Waals surface area contributed by atoms with E-state index < -0.39 is 0 Å². The van der Waals surface area contributed by atoms with Gasteiger partial charge in [-0.2, -0.15) is 0 Å². The van der Waals surface area contributed by atoms with Gasteiger partial charge in [-0.25, -0.2) is 4.98 Å². The molecule has 0 amide bonds. The first-order valence-electron chi connectivity index (χ1n) is 8.06. The molecular weight excluding hydrogens is 290 g/mol. The van der Waals surface area contributed by atoms with Gasteiger partial charge in [-0.3, -0.25) is 0 Å². The summed E-state index contributed by atoms with van der Waals surface area (Å²) < 4.78 is 3.77. The molecule has 0 saturated carbocycles. The Hall–Kier alpha value is -1.65. The van der Waals surface area contributed by atoms with Crippen molar-refractivity contribution in [2.75, 3.05) is 0 Å². The zero-order valence-electron chi connectivity index (χ0n) is 12.9. The molecule has 0 spiro atoms. The highest BCUT2D eigenvalue weighted by atomic mass is 32.1. The lowest BCUT2D eigenvalue weighted by molar-refractivity contribution is 0.487. The summed E-state index contributed by atoms with van der Waals surface area (Å²) in [5.74, 6) is 1.26. The number of rotatable bonds is 4. The Morgan fingerprint density at radius 2 is 2.23 bits per heavy atom. The Balaban J connectivity index is 1.50.